The molecule has 0 spiro atoms. The number of hydrogen-bond donors (Lipinski definition) is 2. The lowest BCUT2D eigenvalue weighted by molar-refractivity contribution is -0.0821. The van der Waals surface area contributed by atoms with Crippen LogP contribution < -0.4 is 0 Å². The molecule has 2 N–H and O–H groups in total. The molecule has 0 saturated heterocycles. The van der Waals surface area contributed by atoms with E-state index in [2.05, 4.69) is 13.5 Å². The summed E-state index contributed by atoms with van der Waals surface area (Å²) in [5, 5.41) is 19.5. The van der Waals surface area contributed by atoms with E-state index in [1.54, 1.807) is 6.92 Å². The lowest BCUT2D eigenvalue weighted by atomic mass is 9.55. The van der Waals surface area contributed by atoms with Crippen LogP contribution in [0.15, 0.2) is 12.2 Å². The lowest BCUT2D eigenvalue weighted by Gasteiger charge is -2.51. The molecule has 0 bridgehead atoms. The Morgan fingerprint density at radius 3 is 2.82 bits per heavy atom. The summed E-state index contributed by atoms with van der Waals surface area (Å²) in [6.45, 7) is 8.26. The Bertz CT molecular complexity index is 308. The Morgan fingerprint density at radius 1 is 1.47 bits per heavy atom. The molecule has 4 atom stereocenters. The summed E-state index contributed by atoms with van der Waals surface area (Å²) in [6, 6.07) is 0. The van der Waals surface area contributed by atoms with Crippen molar-refractivity contribution in [2.75, 3.05) is 6.61 Å². The maximum atomic E-state index is 10.2. The molecule has 2 unspecified atom stereocenters. The lowest BCUT2D eigenvalue weighted by Crippen LogP contribution is -2.46. The van der Waals surface area contributed by atoms with Crippen molar-refractivity contribution in [3.05, 3.63) is 12.2 Å². The van der Waals surface area contributed by atoms with E-state index in [4.69, 9.17) is 0 Å². The van der Waals surface area contributed by atoms with Gasteiger partial charge < -0.3 is 10.2 Å². The van der Waals surface area contributed by atoms with Gasteiger partial charge in [0.05, 0.1) is 12.2 Å². The normalized spacial score (nSPS) is 41.8. The summed E-state index contributed by atoms with van der Waals surface area (Å²) in [6.07, 6.45) is 6.92. The Labute approximate surface area is 105 Å². The number of rotatable bonds is 2. The first-order valence-corrected chi connectivity index (χ1v) is 6.90. The Hall–Kier alpha value is -0.340. The molecule has 2 saturated carbocycles. The van der Waals surface area contributed by atoms with Crippen LogP contribution in [-0.4, -0.2) is 22.4 Å². The van der Waals surface area contributed by atoms with Gasteiger partial charge in [-0.05, 0) is 62.7 Å². The average Bonchev–Trinajstić information content (AvgIpc) is 2.28. The summed E-state index contributed by atoms with van der Waals surface area (Å²) in [5.74, 6) is 0.772. The number of aliphatic hydroxyl groups is 2. The fraction of sp³-hybridized carbons (Fsp3) is 0.867. The van der Waals surface area contributed by atoms with Crippen LogP contribution >= 0.6 is 0 Å². The van der Waals surface area contributed by atoms with Gasteiger partial charge in [-0.3, -0.25) is 0 Å². The van der Waals surface area contributed by atoms with Crippen LogP contribution in [0.3, 0.4) is 0 Å². The summed E-state index contributed by atoms with van der Waals surface area (Å²) in [4.78, 5) is 0. The Kier molecular flexibility index (Phi) is 3.39. The molecule has 0 aromatic rings. The molecule has 2 fully saturated rings. The van der Waals surface area contributed by atoms with Crippen molar-refractivity contribution in [3.63, 3.8) is 0 Å². The van der Waals surface area contributed by atoms with E-state index < -0.39 is 5.60 Å². The SMILES string of the molecule is C=C1CCC[C@@]2(C)CCC(C(C)(O)CO)C[C@H]12. The smallest absolute Gasteiger partial charge is 0.0877 e. The maximum absolute atomic E-state index is 10.2. The second-order valence-corrected chi connectivity index (χ2v) is 6.71. The second-order valence-electron chi connectivity index (χ2n) is 6.71. The van der Waals surface area contributed by atoms with Gasteiger partial charge in [-0.15, -0.1) is 0 Å². The quantitative estimate of drug-likeness (QED) is 0.726. The molecule has 2 heteroatoms. The number of fused-ring (bicyclic) bond motifs is 1. The first-order chi connectivity index (χ1) is 7.89. The largest absolute Gasteiger partial charge is 0.393 e. The third kappa shape index (κ3) is 2.30. The van der Waals surface area contributed by atoms with Crippen molar-refractivity contribution >= 4 is 0 Å². The van der Waals surface area contributed by atoms with Crippen LogP contribution in [0.4, 0.5) is 0 Å². The van der Waals surface area contributed by atoms with Crippen LogP contribution in [0, 0.1) is 17.3 Å². The molecule has 0 radical (unpaired) electrons. The van der Waals surface area contributed by atoms with E-state index in [1.165, 1.54) is 18.4 Å². The molecule has 17 heavy (non-hydrogen) atoms. The molecule has 98 valence electrons. The third-order valence-corrected chi connectivity index (χ3v) is 5.36. The topological polar surface area (TPSA) is 40.5 Å². The van der Waals surface area contributed by atoms with Crippen molar-refractivity contribution in [1.29, 1.82) is 0 Å². The van der Waals surface area contributed by atoms with Gasteiger partial charge in [0.1, 0.15) is 0 Å². The minimum Gasteiger partial charge on any atom is -0.393 e. The highest BCUT2D eigenvalue weighted by atomic mass is 16.3. The zero-order valence-electron chi connectivity index (χ0n) is 11.2. The predicted molar refractivity (Wildman–Crippen MR) is 69.6 cm³/mol. The molecule has 2 rings (SSSR count). The summed E-state index contributed by atoms with van der Waals surface area (Å²) >= 11 is 0. The molecule has 0 aliphatic heterocycles. The minimum absolute atomic E-state index is 0.131. The summed E-state index contributed by atoms with van der Waals surface area (Å²) < 4.78 is 0. The fourth-order valence-corrected chi connectivity index (χ4v) is 3.91. The first kappa shape index (κ1) is 13.1. The van der Waals surface area contributed by atoms with Crippen molar-refractivity contribution in [3.8, 4) is 0 Å². The zero-order chi connectivity index (χ0) is 12.7. The number of allylic oxidation sites excluding steroid dienone is 1. The highest BCUT2D eigenvalue weighted by Gasteiger charge is 2.46. The number of hydrogen-bond acceptors (Lipinski definition) is 2. The van der Waals surface area contributed by atoms with Crippen molar-refractivity contribution in [1.82, 2.24) is 0 Å². The molecular weight excluding hydrogens is 212 g/mol. The molecule has 0 heterocycles. The van der Waals surface area contributed by atoms with Gasteiger partial charge in [0, 0.05) is 0 Å². The molecule has 0 amide bonds. The van der Waals surface area contributed by atoms with E-state index in [0.29, 0.717) is 11.3 Å². The van der Waals surface area contributed by atoms with Crippen molar-refractivity contribution in [2.24, 2.45) is 17.3 Å². The van der Waals surface area contributed by atoms with E-state index in [1.807, 2.05) is 0 Å². The van der Waals surface area contributed by atoms with Crippen LogP contribution in [0.2, 0.25) is 0 Å². The second kappa shape index (κ2) is 4.40. The van der Waals surface area contributed by atoms with E-state index in [-0.39, 0.29) is 12.5 Å². The van der Waals surface area contributed by atoms with Crippen LogP contribution in [0.25, 0.3) is 0 Å². The summed E-state index contributed by atoms with van der Waals surface area (Å²) in [5.41, 5.74) is 0.855. The molecule has 0 aromatic carbocycles. The molecule has 2 aliphatic rings. The van der Waals surface area contributed by atoms with Crippen LogP contribution in [0.5, 0.6) is 0 Å². The Balaban J connectivity index is 2.14. The van der Waals surface area contributed by atoms with Gasteiger partial charge in [-0.2, -0.15) is 0 Å². The van der Waals surface area contributed by atoms with Crippen molar-refractivity contribution in [2.45, 2.75) is 58.0 Å². The van der Waals surface area contributed by atoms with E-state index >= 15 is 0 Å². The van der Waals surface area contributed by atoms with Gasteiger partial charge in [0.2, 0.25) is 0 Å². The fourth-order valence-electron chi connectivity index (χ4n) is 3.91. The van der Waals surface area contributed by atoms with Gasteiger partial charge in [0.15, 0.2) is 0 Å². The predicted octanol–water partition coefficient (Wildman–Crippen LogP) is 2.89. The minimum atomic E-state index is -0.918. The van der Waals surface area contributed by atoms with Crippen molar-refractivity contribution < 1.29 is 10.2 Å². The monoisotopic (exact) mass is 238 g/mol. The van der Waals surface area contributed by atoms with Gasteiger partial charge in [-0.25, -0.2) is 0 Å². The zero-order valence-corrected chi connectivity index (χ0v) is 11.2. The molecule has 0 aromatic heterocycles. The van der Waals surface area contributed by atoms with Gasteiger partial charge in [0.25, 0.3) is 0 Å². The summed E-state index contributed by atoms with van der Waals surface area (Å²) in [7, 11) is 0. The van der Waals surface area contributed by atoms with E-state index in [0.717, 1.165) is 25.7 Å². The Morgan fingerprint density at radius 2 is 2.18 bits per heavy atom. The van der Waals surface area contributed by atoms with Crippen LogP contribution in [-0.2, 0) is 0 Å². The average molecular weight is 238 g/mol. The highest BCUT2D eigenvalue weighted by molar-refractivity contribution is 5.13. The van der Waals surface area contributed by atoms with Gasteiger partial charge in [-0.1, -0.05) is 19.1 Å². The van der Waals surface area contributed by atoms with Crippen LogP contribution in [0.1, 0.15) is 52.4 Å². The molecule has 2 nitrogen and oxygen atoms in total. The molecular formula is C15H26O2. The maximum Gasteiger partial charge on any atom is 0.0877 e. The van der Waals surface area contributed by atoms with Gasteiger partial charge >= 0.3 is 0 Å². The number of aliphatic hydroxyl groups excluding tert-OH is 1. The first-order valence-electron chi connectivity index (χ1n) is 6.90. The highest BCUT2D eigenvalue weighted by Crippen LogP contribution is 2.54. The van der Waals surface area contributed by atoms with E-state index in [9.17, 15) is 10.2 Å². The standard InChI is InChI=1S/C15H26O2/c1-11-5-4-7-14(2)8-6-12(9-13(11)14)15(3,17)10-16/h12-13,16-17H,1,4-10H2,2-3H3/t12?,13-,14+,15?/m1/s1. The molecule has 2 aliphatic carbocycles. The third-order valence-electron chi connectivity index (χ3n) is 5.36.